The summed E-state index contributed by atoms with van der Waals surface area (Å²) in [6.07, 6.45) is 0. The van der Waals surface area contributed by atoms with Crippen LogP contribution in [-0.2, 0) is 0 Å². The molecule has 6 aromatic rings. The van der Waals surface area contributed by atoms with Crippen LogP contribution < -0.4 is 16.1 Å². The summed E-state index contributed by atoms with van der Waals surface area (Å²) < 4.78 is 241. The van der Waals surface area contributed by atoms with Crippen LogP contribution in [-0.4, -0.2) is 14.8 Å². The van der Waals surface area contributed by atoms with Gasteiger partial charge in [0.05, 0.1) is 13.4 Å². The standard InChI is InChI=1S/C49H35BF15PSi/c1-18-14-20(3)26(21(4)15-18)47(66(46-22(5)16-19(2)17-23(46)6)48-44(64)42(62)41(61)43(63)45(48)65)28-24-12-10-11-13-25(24)49(67(7,8)9)29(27-31(51)35(55)39(59)36(56)32(27)52)50(28)30-33(53)37(57)40(60)38(58)34(30)54/h10-17H,1-9H3/b47-28+. The molecule has 0 N–H and O–H groups in total. The number of hydrogen-bond acceptors (Lipinski definition) is 0. The maximum absolute atomic E-state index is 17.0. The summed E-state index contributed by atoms with van der Waals surface area (Å²) in [5, 5.41) is -2.54. The molecule has 1 unspecified atom stereocenters. The Kier molecular flexibility index (Phi) is 12.9. The number of aryl methyl sites for hydroxylation is 6. The normalized spacial score (nSPS) is 14.3. The van der Waals surface area contributed by atoms with Gasteiger partial charge in [0.2, 0.25) is 11.6 Å². The highest BCUT2D eigenvalue weighted by Crippen LogP contribution is 2.60. The molecule has 0 spiro atoms. The van der Waals surface area contributed by atoms with E-state index in [-0.39, 0.29) is 49.4 Å². The van der Waals surface area contributed by atoms with E-state index in [2.05, 4.69) is 0 Å². The highest BCUT2D eigenvalue weighted by atomic mass is 31.1. The molecule has 7 rings (SSSR count). The zero-order chi connectivity index (χ0) is 49.8. The molecule has 0 fully saturated rings. The Labute approximate surface area is 377 Å². The number of halogens is 15. The molecule has 1 aliphatic rings. The van der Waals surface area contributed by atoms with Gasteiger partial charge in [-0.15, -0.1) is 0 Å². The molecule has 0 aromatic heterocycles. The summed E-state index contributed by atoms with van der Waals surface area (Å²) >= 11 is 0. The monoisotopic (exact) mass is 978 g/mol. The van der Waals surface area contributed by atoms with E-state index >= 15 is 61.5 Å². The third-order valence-electron chi connectivity index (χ3n) is 11.8. The highest BCUT2D eigenvalue weighted by Gasteiger charge is 2.50. The Morgan fingerprint density at radius 1 is 0.433 bits per heavy atom. The van der Waals surface area contributed by atoms with E-state index in [9.17, 15) is 4.39 Å². The molecule has 1 heterocycles. The van der Waals surface area contributed by atoms with Crippen molar-refractivity contribution in [1.29, 1.82) is 0 Å². The lowest BCUT2D eigenvalue weighted by Crippen LogP contribution is -2.46. The van der Waals surface area contributed by atoms with Crippen molar-refractivity contribution in [2.45, 2.75) is 61.2 Å². The molecule has 18 heteroatoms. The van der Waals surface area contributed by atoms with Crippen molar-refractivity contribution in [1.82, 2.24) is 0 Å². The van der Waals surface area contributed by atoms with E-state index < -0.39 is 143 Å². The summed E-state index contributed by atoms with van der Waals surface area (Å²) in [5.74, 6) is -38.3. The molecule has 0 amide bonds. The summed E-state index contributed by atoms with van der Waals surface area (Å²) in [4.78, 5) is 0. The molecule has 0 bridgehead atoms. The third kappa shape index (κ3) is 7.73. The van der Waals surface area contributed by atoms with Crippen molar-refractivity contribution in [2.24, 2.45) is 0 Å². The van der Waals surface area contributed by atoms with Crippen LogP contribution in [0.25, 0.3) is 21.5 Å². The van der Waals surface area contributed by atoms with Crippen LogP contribution in [0, 0.1) is 129 Å². The van der Waals surface area contributed by atoms with E-state index in [0.29, 0.717) is 11.1 Å². The number of rotatable bonds is 7. The molecular weight excluding hydrogens is 943 g/mol. The molecule has 348 valence electrons. The Hall–Kier alpha value is -5.54. The molecule has 0 nitrogen and oxygen atoms in total. The Morgan fingerprint density at radius 2 is 0.791 bits per heavy atom. The molecule has 0 radical (unpaired) electrons. The van der Waals surface area contributed by atoms with Crippen molar-refractivity contribution in [3.63, 3.8) is 0 Å². The molecule has 1 aliphatic heterocycles. The van der Waals surface area contributed by atoms with E-state index in [1.54, 1.807) is 13.8 Å². The fourth-order valence-electron chi connectivity index (χ4n) is 9.44. The molecule has 1 atom stereocenters. The summed E-state index contributed by atoms with van der Waals surface area (Å²) in [7, 11) is -7.04. The first-order chi connectivity index (χ1) is 31.2. The SMILES string of the molecule is Cc1cc(C)c(/C(=C2\B(c3c(F)c(F)c(F)c(F)c3F)C(c3c(F)c(F)c(F)c(F)c3F)=C([Si](C)(C)C)c3ccccc32)P(c2c(C)cc(C)cc2C)c2c(F)c(F)c(F)c(F)c2F)c(C)c1. The molecule has 0 aliphatic carbocycles. The van der Waals surface area contributed by atoms with Crippen LogP contribution in [0.2, 0.25) is 19.6 Å². The average Bonchev–Trinajstić information content (AvgIpc) is 3.25. The Bertz CT molecular complexity index is 3070. The van der Waals surface area contributed by atoms with Crippen molar-refractivity contribution in [3.8, 4) is 0 Å². The molecule has 67 heavy (non-hydrogen) atoms. The van der Waals surface area contributed by atoms with Crippen molar-refractivity contribution < 1.29 is 65.9 Å². The zero-order valence-corrected chi connectivity index (χ0v) is 38.7. The van der Waals surface area contributed by atoms with Crippen molar-refractivity contribution in [3.05, 3.63) is 191 Å². The first kappa shape index (κ1) is 49.4. The molecule has 0 saturated heterocycles. The van der Waals surface area contributed by atoms with Gasteiger partial charge in [-0.2, -0.15) is 0 Å². The van der Waals surface area contributed by atoms with E-state index in [0.717, 1.165) is 0 Å². The molecule has 6 aromatic carbocycles. The second-order valence-electron chi connectivity index (χ2n) is 17.5. The van der Waals surface area contributed by atoms with Crippen LogP contribution in [0.1, 0.15) is 55.6 Å². The van der Waals surface area contributed by atoms with Gasteiger partial charge < -0.3 is 0 Å². The first-order valence-electron chi connectivity index (χ1n) is 20.3. The minimum Gasteiger partial charge on any atom is -0.204 e. The average molecular weight is 979 g/mol. The van der Waals surface area contributed by atoms with Gasteiger partial charge >= 0.3 is 0 Å². The summed E-state index contributed by atoms with van der Waals surface area (Å²) in [6.45, 7) is 10.6. The van der Waals surface area contributed by atoms with E-state index in [1.807, 2.05) is 0 Å². The zero-order valence-electron chi connectivity index (χ0n) is 36.8. The summed E-state index contributed by atoms with van der Waals surface area (Å²) in [5.41, 5.74) is -4.60. The maximum Gasteiger partial charge on any atom is 0.251 e. The predicted octanol–water partition coefficient (Wildman–Crippen LogP) is 13.9. The van der Waals surface area contributed by atoms with Crippen molar-refractivity contribution in [2.75, 3.05) is 0 Å². The number of hydrogen-bond donors (Lipinski definition) is 0. The minimum absolute atomic E-state index is 0.139. The van der Waals surface area contributed by atoms with Gasteiger partial charge in [0.1, 0.15) is 0 Å². The second-order valence-corrected chi connectivity index (χ2v) is 24.5. The minimum atomic E-state index is -3.56. The number of fused-ring (bicyclic) bond motifs is 1. The fraction of sp³-hybridized carbons (Fsp3) is 0.184. The van der Waals surface area contributed by atoms with Crippen LogP contribution in [0.3, 0.4) is 0 Å². The lowest BCUT2D eigenvalue weighted by atomic mass is 9.31. The Morgan fingerprint density at radius 3 is 1.21 bits per heavy atom. The van der Waals surface area contributed by atoms with Crippen LogP contribution >= 0.6 is 7.92 Å². The van der Waals surface area contributed by atoms with Gasteiger partial charge in [-0.1, -0.05) is 95.4 Å². The quantitative estimate of drug-likeness (QED) is 0.0492. The van der Waals surface area contributed by atoms with Crippen LogP contribution in [0.15, 0.2) is 48.5 Å². The lowest BCUT2D eigenvalue weighted by Gasteiger charge is -2.40. The topological polar surface area (TPSA) is 0 Å². The van der Waals surface area contributed by atoms with Gasteiger partial charge in [0.25, 0.3) is 6.71 Å². The molecule has 0 saturated carbocycles. The largest absolute Gasteiger partial charge is 0.251 e. The van der Waals surface area contributed by atoms with Gasteiger partial charge in [0, 0.05) is 11.0 Å². The second kappa shape index (κ2) is 17.5. The van der Waals surface area contributed by atoms with Crippen LogP contribution in [0.4, 0.5) is 65.9 Å². The van der Waals surface area contributed by atoms with E-state index in [1.165, 1.54) is 95.9 Å². The third-order valence-corrected chi connectivity index (χ3v) is 16.7. The number of benzene rings is 6. The molecular formula is C49H35BF15PSi. The lowest BCUT2D eigenvalue weighted by molar-refractivity contribution is 0.376. The first-order valence-corrected chi connectivity index (χ1v) is 25.1. The predicted molar refractivity (Wildman–Crippen MR) is 235 cm³/mol. The van der Waals surface area contributed by atoms with Gasteiger partial charge in [0.15, 0.2) is 75.6 Å². The maximum atomic E-state index is 17.0. The fourth-order valence-corrected chi connectivity index (χ4v) is 14.7. The highest BCUT2D eigenvalue weighted by molar-refractivity contribution is 7.83. The Balaban J connectivity index is 1.97. The summed E-state index contributed by atoms with van der Waals surface area (Å²) in [6, 6.07) is 11.2. The van der Waals surface area contributed by atoms with Gasteiger partial charge in [-0.3, -0.25) is 0 Å². The van der Waals surface area contributed by atoms with Gasteiger partial charge in [-0.25, -0.2) is 65.9 Å². The van der Waals surface area contributed by atoms with E-state index in [4.69, 9.17) is 0 Å². The van der Waals surface area contributed by atoms with Gasteiger partial charge in [-0.05, 0) is 99.0 Å². The van der Waals surface area contributed by atoms with Crippen LogP contribution in [0.5, 0.6) is 0 Å². The van der Waals surface area contributed by atoms with Crippen molar-refractivity contribution >= 4 is 60.2 Å². The smallest absolute Gasteiger partial charge is 0.204 e.